The van der Waals surface area contributed by atoms with Gasteiger partial charge in [-0.1, -0.05) is 43.7 Å². The van der Waals surface area contributed by atoms with Gasteiger partial charge in [0.15, 0.2) is 0 Å². The van der Waals surface area contributed by atoms with Crippen molar-refractivity contribution in [2.24, 2.45) is 0 Å². The highest BCUT2D eigenvalue weighted by molar-refractivity contribution is 5.65. The number of aliphatic hydroxyl groups is 1. The van der Waals surface area contributed by atoms with Crippen LogP contribution in [-0.2, 0) is 32.0 Å². The zero-order valence-electron chi connectivity index (χ0n) is 25.1. The predicted octanol–water partition coefficient (Wildman–Crippen LogP) is 3.93. The van der Waals surface area contributed by atoms with Crippen molar-refractivity contribution < 1.29 is 38.7 Å². The predicted molar refractivity (Wildman–Crippen MR) is 160 cm³/mol. The summed E-state index contributed by atoms with van der Waals surface area (Å²) in [5.74, 6) is 0.628. The molecule has 10 nitrogen and oxygen atoms in total. The Balaban J connectivity index is 1.56. The molecule has 2 aromatic rings. The Labute approximate surface area is 249 Å². The third kappa shape index (κ3) is 8.58. The number of hydrogen-bond acceptors (Lipinski definition) is 8. The van der Waals surface area contributed by atoms with Crippen molar-refractivity contribution in [3.63, 3.8) is 0 Å². The fourth-order valence-corrected chi connectivity index (χ4v) is 5.79. The molecule has 4 rings (SSSR count). The summed E-state index contributed by atoms with van der Waals surface area (Å²) in [5, 5.41) is 20.2. The zero-order valence-corrected chi connectivity index (χ0v) is 25.1. The van der Waals surface area contributed by atoms with Crippen LogP contribution >= 0.6 is 0 Å². The molecular formula is C32H46N2O8. The van der Waals surface area contributed by atoms with Crippen LogP contribution < -0.4 is 9.64 Å². The number of piperidine rings is 1. The molecule has 0 saturated carbocycles. The van der Waals surface area contributed by atoms with E-state index in [2.05, 4.69) is 42.2 Å². The first-order valence-electron chi connectivity index (χ1n) is 14.9. The number of nitrogens with zero attached hydrogens (tertiary/aromatic N) is 2. The number of fused-ring (bicyclic) bond motifs is 1. The van der Waals surface area contributed by atoms with Crippen molar-refractivity contribution in [2.75, 3.05) is 71.7 Å². The zero-order chi connectivity index (χ0) is 29.9. The van der Waals surface area contributed by atoms with E-state index < -0.39 is 24.4 Å². The maximum atomic E-state index is 12.1. The van der Waals surface area contributed by atoms with Gasteiger partial charge in [0, 0.05) is 33.3 Å². The largest absolute Gasteiger partial charge is 0.490 e. The molecule has 2 heterocycles. The number of benzene rings is 2. The van der Waals surface area contributed by atoms with Gasteiger partial charge in [0.1, 0.15) is 18.5 Å². The number of hydrogen-bond donors (Lipinski definition) is 2. The van der Waals surface area contributed by atoms with Crippen molar-refractivity contribution in [1.29, 1.82) is 0 Å². The summed E-state index contributed by atoms with van der Waals surface area (Å²) in [6.07, 6.45) is 0.170. The van der Waals surface area contributed by atoms with Gasteiger partial charge in [0.2, 0.25) is 0 Å². The molecule has 0 bridgehead atoms. The second kappa shape index (κ2) is 16.1. The van der Waals surface area contributed by atoms with E-state index in [4.69, 9.17) is 23.7 Å². The van der Waals surface area contributed by atoms with Crippen LogP contribution in [0.2, 0.25) is 0 Å². The van der Waals surface area contributed by atoms with Crippen molar-refractivity contribution in [1.82, 2.24) is 4.90 Å². The number of amides is 1. The molecule has 0 spiro atoms. The number of likely N-dealkylation sites (tertiary alicyclic amines) is 1. The Bertz CT molecular complexity index is 1110. The number of aliphatic hydroxyl groups excluding tert-OH is 1. The summed E-state index contributed by atoms with van der Waals surface area (Å²) in [5.41, 5.74) is 4.29. The van der Waals surface area contributed by atoms with Crippen LogP contribution in [0.4, 0.5) is 10.5 Å². The molecule has 10 heteroatoms. The van der Waals surface area contributed by atoms with E-state index in [1.165, 1.54) is 17.6 Å². The van der Waals surface area contributed by atoms with Crippen LogP contribution in [0.3, 0.4) is 0 Å². The lowest BCUT2D eigenvalue weighted by Gasteiger charge is -2.43. The second-order valence-corrected chi connectivity index (χ2v) is 11.0. The quantitative estimate of drug-likeness (QED) is 0.300. The Kier molecular flexibility index (Phi) is 12.3. The standard InChI is InChI=1S/C32H46N2O8/c1-4-6-23-7-10-25(11-8-23)31-29(18-34(32(36)37)19-30(31)42-22-26(35)21-39-3)41-20-24-9-12-28-27(17-24)33(14-16-40-28)13-5-15-38-2/h7-12,17,26,29-31,35H,4-6,13-16,18-22H2,1-3H3,(H,36,37)/t26-,29+,30-,31-/m1/s1. The number of anilines is 1. The molecule has 4 atom stereocenters. The Hall–Kier alpha value is -2.89. The summed E-state index contributed by atoms with van der Waals surface area (Å²) in [6, 6.07) is 14.5. The number of rotatable bonds is 15. The third-order valence-corrected chi connectivity index (χ3v) is 7.86. The molecule has 2 aromatic carbocycles. The second-order valence-electron chi connectivity index (χ2n) is 11.0. The van der Waals surface area contributed by atoms with Gasteiger partial charge >= 0.3 is 6.09 Å². The lowest BCUT2D eigenvalue weighted by atomic mass is 9.84. The molecule has 0 aliphatic carbocycles. The average molecular weight is 587 g/mol. The SMILES string of the molecule is CCCc1ccc([C@@H]2[C@@H](OCc3ccc4c(c3)N(CCCOC)CCO4)CN(C(=O)O)C[C@H]2OC[C@H](O)COC)cc1. The van der Waals surface area contributed by atoms with Gasteiger partial charge in [-0.15, -0.1) is 0 Å². The normalized spacial score (nSPS) is 21.1. The van der Waals surface area contributed by atoms with Gasteiger partial charge < -0.3 is 43.7 Å². The molecule has 1 fully saturated rings. The first-order valence-corrected chi connectivity index (χ1v) is 14.9. The Morgan fingerprint density at radius 3 is 2.45 bits per heavy atom. The van der Waals surface area contributed by atoms with Crippen LogP contribution in [0.1, 0.15) is 42.4 Å². The molecule has 0 unspecified atom stereocenters. The fraction of sp³-hybridized carbons (Fsp3) is 0.594. The minimum Gasteiger partial charge on any atom is -0.490 e. The lowest BCUT2D eigenvalue weighted by molar-refractivity contribution is -0.107. The van der Waals surface area contributed by atoms with Gasteiger partial charge in [-0.3, -0.25) is 0 Å². The number of carbonyl (C=O) groups is 1. The summed E-state index contributed by atoms with van der Waals surface area (Å²) in [7, 11) is 3.23. The maximum absolute atomic E-state index is 12.1. The minimum absolute atomic E-state index is 0.0346. The summed E-state index contributed by atoms with van der Waals surface area (Å²) in [4.78, 5) is 15.8. The molecule has 232 valence electrons. The van der Waals surface area contributed by atoms with Gasteiger partial charge in [0.05, 0.1) is 57.4 Å². The highest BCUT2D eigenvalue weighted by atomic mass is 16.5. The van der Waals surface area contributed by atoms with Crippen LogP contribution in [0.5, 0.6) is 5.75 Å². The lowest BCUT2D eigenvalue weighted by Crippen LogP contribution is -2.54. The maximum Gasteiger partial charge on any atom is 0.407 e. The topological polar surface area (TPSA) is 110 Å². The first kappa shape index (κ1) is 32.0. The average Bonchev–Trinajstić information content (AvgIpc) is 2.99. The van der Waals surface area contributed by atoms with Gasteiger partial charge in [-0.25, -0.2) is 4.79 Å². The molecule has 1 saturated heterocycles. The number of carboxylic acid groups (broad SMARTS) is 1. The van der Waals surface area contributed by atoms with Crippen LogP contribution in [-0.4, -0.2) is 106 Å². The number of ether oxygens (including phenoxy) is 5. The van der Waals surface area contributed by atoms with Crippen LogP contribution in [0.25, 0.3) is 0 Å². The summed E-state index contributed by atoms with van der Waals surface area (Å²) < 4.78 is 28.9. The number of aryl methyl sites for hydroxylation is 1. The van der Waals surface area contributed by atoms with E-state index in [0.717, 1.165) is 54.9 Å². The highest BCUT2D eigenvalue weighted by Crippen LogP contribution is 2.36. The van der Waals surface area contributed by atoms with Crippen LogP contribution in [0.15, 0.2) is 42.5 Å². The summed E-state index contributed by atoms with van der Waals surface area (Å²) >= 11 is 0. The van der Waals surface area contributed by atoms with Crippen LogP contribution in [0, 0.1) is 0 Å². The van der Waals surface area contributed by atoms with Gasteiger partial charge in [-0.2, -0.15) is 0 Å². The molecular weight excluding hydrogens is 540 g/mol. The molecule has 2 aliphatic heterocycles. The van der Waals surface area contributed by atoms with E-state index in [9.17, 15) is 15.0 Å². The third-order valence-electron chi connectivity index (χ3n) is 7.86. The smallest absolute Gasteiger partial charge is 0.407 e. The van der Waals surface area contributed by atoms with Crippen molar-refractivity contribution in [2.45, 2.75) is 57.0 Å². The summed E-state index contributed by atoms with van der Waals surface area (Å²) in [6.45, 7) is 6.04. The van der Waals surface area contributed by atoms with Crippen molar-refractivity contribution in [3.8, 4) is 5.75 Å². The highest BCUT2D eigenvalue weighted by Gasteiger charge is 2.41. The molecule has 1 amide bonds. The van der Waals surface area contributed by atoms with E-state index >= 15 is 0 Å². The monoisotopic (exact) mass is 586 g/mol. The van der Waals surface area contributed by atoms with Crippen molar-refractivity contribution in [3.05, 3.63) is 59.2 Å². The molecule has 2 N–H and O–H groups in total. The van der Waals surface area contributed by atoms with E-state index in [1.807, 2.05) is 12.1 Å². The Morgan fingerprint density at radius 1 is 1.02 bits per heavy atom. The minimum atomic E-state index is -1.02. The molecule has 42 heavy (non-hydrogen) atoms. The molecule has 0 radical (unpaired) electrons. The van der Waals surface area contributed by atoms with E-state index in [-0.39, 0.29) is 32.2 Å². The number of methoxy groups -OCH3 is 2. The van der Waals surface area contributed by atoms with E-state index in [0.29, 0.717) is 19.8 Å². The first-order chi connectivity index (χ1) is 20.4. The van der Waals surface area contributed by atoms with E-state index in [1.54, 1.807) is 7.11 Å². The van der Waals surface area contributed by atoms with Gasteiger partial charge in [-0.05, 0) is 41.7 Å². The molecule has 2 aliphatic rings. The molecule has 0 aromatic heterocycles. The van der Waals surface area contributed by atoms with Gasteiger partial charge in [0.25, 0.3) is 0 Å². The van der Waals surface area contributed by atoms with Crippen molar-refractivity contribution >= 4 is 11.8 Å². The Morgan fingerprint density at radius 2 is 1.76 bits per heavy atom. The fourth-order valence-electron chi connectivity index (χ4n) is 5.79.